The zero-order chi connectivity index (χ0) is 12.2. The average molecular weight is 227 g/mol. The van der Waals surface area contributed by atoms with E-state index in [1.807, 2.05) is 6.92 Å². The lowest BCUT2D eigenvalue weighted by Gasteiger charge is -2.32. The summed E-state index contributed by atoms with van der Waals surface area (Å²) in [5, 5.41) is 3.01. The number of nitrogens with one attached hydrogen (secondary N) is 1. The second-order valence-corrected chi connectivity index (χ2v) is 5.26. The highest BCUT2D eigenvalue weighted by Crippen LogP contribution is 2.26. The largest absolute Gasteiger partial charge is 0.368 e. The molecule has 1 rings (SSSR count). The third-order valence-electron chi connectivity index (χ3n) is 3.88. The van der Waals surface area contributed by atoms with Gasteiger partial charge in [-0.25, -0.2) is 0 Å². The molecule has 0 radical (unpaired) electrons. The van der Waals surface area contributed by atoms with Crippen LogP contribution in [0.1, 0.15) is 32.6 Å². The predicted octanol–water partition coefficient (Wildman–Crippen LogP) is 0.572. The fraction of sp³-hybridized carbons (Fsp3) is 0.917. The quantitative estimate of drug-likeness (QED) is 0.668. The molecule has 1 aliphatic rings. The number of nitrogens with zero attached hydrogens (tertiary/aromatic N) is 1. The Morgan fingerprint density at radius 3 is 2.56 bits per heavy atom. The van der Waals surface area contributed by atoms with Crippen LogP contribution in [0.3, 0.4) is 0 Å². The monoisotopic (exact) mass is 227 g/mol. The van der Waals surface area contributed by atoms with Crippen molar-refractivity contribution < 1.29 is 4.79 Å². The lowest BCUT2D eigenvalue weighted by molar-refractivity contribution is -0.124. The van der Waals surface area contributed by atoms with Crippen molar-refractivity contribution in [2.24, 2.45) is 11.7 Å². The second kappa shape index (κ2) is 5.64. The second-order valence-electron chi connectivity index (χ2n) is 5.26. The standard InChI is InChI=1S/C12H25N3O/c1-12(14-2,11(13)16)7-8-15(3)9-10-5-4-6-10/h10,14H,4-9H2,1-3H3,(H2,13,16). The Hall–Kier alpha value is -0.610. The summed E-state index contributed by atoms with van der Waals surface area (Å²) in [6.07, 6.45) is 4.88. The van der Waals surface area contributed by atoms with Gasteiger partial charge in [0.2, 0.25) is 5.91 Å². The molecule has 1 fully saturated rings. The van der Waals surface area contributed by atoms with Gasteiger partial charge >= 0.3 is 0 Å². The minimum Gasteiger partial charge on any atom is -0.368 e. The first kappa shape index (κ1) is 13.5. The predicted molar refractivity (Wildman–Crippen MR) is 66.1 cm³/mol. The Labute approximate surface area is 98.6 Å². The molecule has 0 heterocycles. The van der Waals surface area contributed by atoms with Crippen molar-refractivity contribution in [2.45, 2.75) is 38.1 Å². The summed E-state index contributed by atoms with van der Waals surface area (Å²) < 4.78 is 0. The fourth-order valence-corrected chi connectivity index (χ4v) is 1.99. The van der Waals surface area contributed by atoms with Gasteiger partial charge in [-0.2, -0.15) is 0 Å². The minimum absolute atomic E-state index is 0.271. The van der Waals surface area contributed by atoms with Crippen LogP contribution in [0.15, 0.2) is 0 Å². The van der Waals surface area contributed by atoms with Crippen LogP contribution in [0, 0.1) is 5.92 Å². The van der Waals surface area contributed by atoms with Crippen LogP contribution in [0.2, 0.25) is 0 Å². The zero-order valence-corrected chi connectivity index (χ0v) is 10.8. The van der Waals surface area contributed by atoms with Gasteiger partial charge in [-0.3, -0.25) is 4.79 Å². The third-order valence-corrected chi connectivity index (χ3v) is 3.88. The van der Waals surface area contributed by atoms with Crippen LogP contribution in [-0.2, 0) is 4.79 Å². The molecule has 0 spiro atoms. The molecule has 4 nitrogen and oxygen atoms in total. The van der Waals surface area contributed by atoms with Crippen LogP contribution in [0.4, 0.5) is 0 Å². The van der Waals surface area contributed by atoms with Crippen LogP contribution < -0.4 is 11.1 Å². The fourth-order valence-electron chi connectivity index (χ4n) is 1.99. The van der Waals surface area contributed by atoms with Gasteiger partial charge in [0.05, 0.1) is 5.54 Å². The number of carbonyl (C=O) groups excluding carboxylic acids is 1. The number of nitrogens with two attached hydrogens (primary N) is 1. The van der Waals surface area contributed by atoms with Crippen molar-refractivity contribution in [3.05, 3.63) is 0 Å². The van der Waals surface area contributed by atoms with E-state index in [1.54, 1.807) is 7.05 Å². The molecular formula is C12H25N3O. The van der Waals surface area contributed by atoms with E-state index in [9.17, 15) is 4.79 Å². The van der Waals surface area contributed by atoms with Gasteiger partial charge in [-0.1, -0.05) is 6.42 Å². The van der Waals surface area contributed by atoms with Crippen molar-refractivity contribution >= 4 is 5.91 Å². The first-order valence-corrected chi connectivity index (χ1v) is 6.15. The number of primary amides is 1. The van der Waals surface area contributed by atoms with E-state index in [0.717, 1.165) is 25.4 Å². The highest BCUT2D eigenvalue weighted by atomic mass is 16.1. The van der Waals surface area contributed by atoms with E-state index in [-0.39, 0.29) is 5.91 Å². The van der Waals surface area contributed by atoms with Gasteiger partial charge in [0.15, 0.2) is 0 Å². The smallest absolute Gasteiger partial charge is 0.237 e. The molecule has 1 amide bonds. The van der Waals surface area contributed by atoms with E-state index in [0.29, 0.717) is 0 Å². The molecule has 1 unspecified atom stereocenters. The van der Waals surface area contributed by atoms with E-state index < -0.39 is 5.54 Å². The Bertz CT molecular complexity index is 240. The third kappa shape index (κ3) is 3.46. The van der Waals surface area contributed by atoms with Crippen LogP contribution in [-0.4, -0.2) is 43.5 Å². The number of rotatable bonds is 7. The molecule has 0 bridgehead atoms. The molecule has 1 aliphatic carbocycles. The van der Waals surface area contributed by atoms with E-state index in [4.69, 9.17) is 5.73 Å². The summed E-state index contributed by atoms with van der Waals surface area (Å²) in [7, 11) is 3.91. The maximum atomic E-state index is 11.3. The lowest BCUT2D eigenvalue weighted by atomic mass is 9.85. The van der Waals surface area contributed by atoms with E-state index in [2.05, 4.69) is 17.3 Å². The highest BCUT2D eigenvalue weighted by Gasteiger charge is 2.29. The zero-order valence-electron chi connectivity index (χ0n) is 10.8. The van der Waals surface area contributed by atoms with Crippen LogP contribution >= 0.6 is 0 Å². The van der Waals surface area contributed by atoms with Gasteiger partial charge in [0.1, 0.15) is 0 Å². The molecular weight excluding hydrogens is 202 g/mol. The molecule has 94 valence electrons. The van der Waals surface area contributed by atoms with Gasteiger partial charge in [0, 0.05) is 13.1 Å². The Morgan fingerprint density at radius 2 is 2.19 bits per heavy atom. The van der Waals surface area contributed by atoms with Crippen molar-refractivity contribution in [2.75, 3.05) is 27.2 Å². The average Bonchev–Trinajstić information content (AvgIpc) is 2.19. The molecule has 0 aromatic carbocycles. The number of hydrogen-bond donors (Lipinski definition) is 2. The Morgan fingerprint density at radius 1 is 1.56 bits per heavy atom. The molecule has 1 atom stereocenters. The van der Waals surface area contributed by atoms with Crippen LogP contribution in [0.25, 0.3) is 0 Å². The summed E-state index contributed by atoms with van der Waals surface area (Å²) in [6.45, 7) is 3.93. The first-order chi connectivity index (χ1) is 7.48. The molecule has 0 aromatic rings. The van der Waals surface area contributed by atoms with Crippen molar-refractivity contribution in [3.63, 3.8) is 0 Å². The van der Waals surface area contributed by atoms with Crippen molar-refractivity contribution in [1.82, 2.24) is 10.2 Å². The van der Waals surface area contributed by atoms with Gasteiger partial charge < -0.3 is 16.0 Å². The summed E-state index contributed by atoms with van der Waals surface area (Å²) in [5.74, 6) is 0.603. The molecule has 4 heteroatoms. The topological polar surface area (TPSA) is 58.4 Å². The maximum Gasteiger partial charge on any atom is 0.237 e. The SMILES string of the molecule is CNC(C)(CCN(C)CC1CCC1)C(N)=O. The summed E-state index contributed by atoms with van der Waals surface area (Å²) in [4.78, 5) is 13.6. The van der Waals surface area contributed by atoms with Gasteiger partial charge in [-0.15, -0.1) is 0 Å². The van der Waals surface area contributed by atoms with Crippen LogP contribution in [0.5, 0.6) is 0 Å². The molecule has 0 aromatic heterocycles. The van der Waals surface area contributed by atoms with E-state index >= 15 is 0 Å². The number of amides is 1. The molecule has 1 saturated carbocycles. The molecule has 16 heavy (non-hydrogen) atoms. The Kier molecular flexibility index (Phi) is 4.74. The van der Waals surface area contributed by atoms with Crippen molar-refractivity contribution in [3.8, 4) is 0 Å². The summed E-state index contributed by atoms with van der Waals surface area (Å²) in [5.41, 5.74) is 4.81. The highest BCUT2D eigenvalue weighted by molar-refractivity contribution is 5.84. The summed E-state index contributed by atoms with van der Waals surface area (Å²) in [6, 6.07) is 0. The van der Waals surface area contributed by atoms with Crippen molar-refractivity contribution in [1.29, 1.82) is 0 Å². The van der Waals surface area contributed by atoms with E-state index in [1.165, 1.54) is 19.3 Å². The van der Waals surface area contributed by atoms with Gasteiger partial charge in [-0.05, 0) is 46.2 Å². The molecule has 0 saturated heterocycles. The minimum atomic E-state index is -0.576. The number of likely N-dealkylation sites (N-methyl/N-ethyl adjacent to an activating group) is 1. The summed E-state index contributed by atoms with van der Waals surface area (Å²) >= 11 is 0. The normalized spacial score (nSPS) is 20.5. The number of carbonyl (C=O) groups is 1. The lowest BCUT2D eigenvalue weighted by Crippen LogP contribution is -2.53. The molecule has 0 aliphatic heterocycles. The Balaban J connectivity index is 2.28. The van der Waals surface area contributed by atoms with Gasteiger partial charge in [0.25, 0.3) is 0 Å². The maximum absolute atomic E-state index is 11.3. The first-order valence-electron chi connectivity index (χ1n) is 6.15. The molecule has 3 N–H and O–H groups in total. The number of hydrogen-bond acceptors (Lipinski definition) is 3.